The molecule has 6 heteroatoms. The van der Waals surface area contributed by atoms with Gasteiger partial charge in [0.15, 0.2) is 28.6 Å². The molecular weight excluding hydrogens is 334 g/mol. The number of thioether (sulfide) groups is 1. The van der Waals surface area contributed by atoms with Crippen molar-refractivity contribution in [1.29, 1.82) is 0 Å². The van der Waals surface area contributed by atoms with E-state index in [0.717, 1.165) is 28.2 Å². The highest BCUT2D eigenvalue weighted by Gasteiger charge is 2.27. The standard InChI is InChI=1S/C19H19N3O2S/c1-13-6-5-7-14(10-13)12-25-19-21-20-18(22(19)2)17-11-23-15-8-3-4-9-16(15)24-17/h3-10,17H,11-12H2,1-2H3. The van der Waals surface area contributed by atoms with Crippen molar-refractivity contribution in [1.82, 2.24) is 14.8 Å². The lowest BCUT2D eigenvalue weighted by atomic mass is 10.2. The normalized spacial score (nSPS) is 16.0. The van der Waals surface area contributed by atoms with Gasteiger partial charge in [0.25, 0.3) is 0 Å². The maximum atomic E-state index is 6.03. The molecule has 25 heavy (non-hydrogen) atoms. The van der Waals surface area contributed by atoms with Crippen LogP contribution in [0, 0.1) is 6.92 Å². The molecule has 0 aliphatic carbocycles. The van der Waals surface area contributed by atoms with Gasteiger partial charge in [-0.15, -0.1) is 10.2 Å². The van der Waals surface area contributed by atoms with Crippen molar-refractivity contribution in [2.75, 3.05) is 6.61 Å². The van der Waals surface area contributed by atoms with E-state index in [4.69, 9.17) is 9.47 Å². The summed E-state index contributed by atoms with van der Waals surface area (Å²) < 4.78 is 13.8. The lowest BCUT2D eigenvalue weighted by Crippen LogP contribution is -2.24. The summed E-state index contributed by atoms with van der Waals surface area (Å²) in [4.78, 5) is 0. The minimum Gasteiger partial charge on any atom is -0.485 e. The van der Waals surface area contributed by atoms with Gasteiger partial charge in [0.2, 0.25) is 0 Å². The summed E-state index contributed by atoms with van der Waals surface area (Å²) in [5.74, 6) is 3.16. The quantitative estimate of drug-likeness (QED) is 0.665. The fourth-order valence-electron chi connectivity index (χ4n) is 2.83. The van der Waals surface area contributed by atoms with Crippen molar-refractivity contribution < 1.29 is 9.47 Å². The maximum absolute atomic E-state index is 6.03. The van der Waals surface area contributed by atoms with E-state index in [1.807, 2.05) is 35.9 Å². The second kappa shape index (κ2) is 6.80. The number of ether oxygens (including phenoxy) is 2. The molecule has 4 rings (SSSR count). The van der Waals surface area contributed by atoms with Crippen molar-refractivity contribution in [3.8, 4) is 11.5 Å². The molecule has 128 valence electrons. The number of fused-ring (bicyclic) bond motifs is 1. The van der Waals surface area contributed by atoms with E-state index in [-0.39, 0.29) is 6.10 Å². The molecule has 0 spiro atoms. The highest BCUT2D eigenvalue weighted by molar-refractivity contribution is 7.98. The molecule has 0 amide bonds. The third-order valence-electron chi connectivity index (χ3n) is 4.12. The summed E-state index contributed by atoms with van der Waals surface area (Å²) in [6.45, 7) is 2.54. The van der Waals surface area contributed by atoms with Crippen LogP contribution in [0.3, 0.4) is 0 Å². The van der Waals surface area contributed by atoms with Crippen LogP contribution in [0.1, 0.15) is 23.1 Å². The summed E-state index contributed by atoms with van der Waals surface area (Å²) in [5, 5.41) is 9.53. The Morgan fingerprint density at radius 1 is 1.12 bits per heavy atom. The van der Waals surface area contributed by atoms with Crippen LogP contribution in [0.15, 0.2) is 53.7 Å². The molecule has 0 N–H and O–H groups in total. The predicted molar refractivity (Wildman–Crippen MR) is 97.0 cm³/mol. The molecule has 0 radical (unpaired) electrons. The van der Waals surface area contributed by atoms with Crippen LogP contribution in [0.2, 0.25) is 0 Å². The molecule has 2 heterocycles. The van der Waals surface area contributed by atoms with Crippen LogP contribution in [-0.2, 0) is 12.8 Å². The first-order chi connectivity index (χ1) is 12.2. The van der Waals surface area contributed by atoms with E-state index in [0.29, 0.717) is 6.61 Å². The smallest absolute Gasteiger partial charge is 0.192 e. The van der Waals surface area contributed by atoms with E-state index >= 15 is 0 Å². The molecule has 0 fully saturated rings. The summed E-state index contributed by atoms with van der Waals surface area (Å²) in [6.07, 6.45) is -0.249. The van der Waals surface area contributed by atoms with Crippen LogP contribution < -0.4 is 9.47 Å². The molecule has 0 bridgehead atoms. The maximum Gasteiger partial charge on any atom is 0.192 e. The lowest BCUT2D eigenvalue weighted by molar-refractivity contribution is 0.0825. The first-order valence-electron chi connectivity index (χ1n) is 8.17. The first kappa shape index (κ1) is 16.0. The number of aryl methyl sites for hydroxylation is 1. The highest BCUT2D eigenvalue weighted by atomic mass is 32.2. The lowest BCUT2D eigenvalue weighted by Gasteiger charge is -2.25. The highest BCUT2D eigenvalue weighted by Crippen LogP contribution is 2.36. The van der Waals surface area contributed by atoms with Gasteiger partial charge in [-0.3, -0.25) is 0 Å². The van der Waals surface area contributed by atoms with Gasteiger partial charge >= 0.3 is 0 Å². The van der Waals surface area contributed by atoms with Gasteiger partial charge in [-0.25, -0.2) is 0 Å². The molecule has 0 saturated carbocycles. The number of para-hydroxylation sites is 2. The Balaban J connectivity index is 1.48. The number of hydrogen-bond donors (Lipinski definition) is 0. The monoisotopic (exact) mass is 353 g/mol. The third kappa shape index (κ3) is 3.35. The molecule has 1 unspecified atom stereocenters. The van der Waals surface area contributed by atoms with E-state index in [2.05, 4.69) is 41.4 Å². The number of aromatic nitrogens is 3. The molecule has 1 aliphatic rings. The minimum absolute atomic E-state index is 0.249. The van der Waals surface area contributed by atoms with Crippen molar-refractivity contribution in [2.24, 2.45) is 7.05 Å². The Morgan fingerprint density at radius 2 is 1.96 bits per heavy atom. The van der Waals surface area contributed by atoms with Gasteiger partial charge in [-0.2, -0.15) is 0 Å². The molecule has 1 aromatic heterocycles. The average Bonchev–Trinajstić information content (AvgIpc) is 3.00. The zero-order valence-corrected chi connectivity index (χ0v) is 15.0. The summed E-state index contributed by atoms with van der Waals surface area (Å²) in [6, 6.07) is 16.2. The van der Waals surface area contributed by atoms with Crippen LogP contribution in [0.4, 0.5) is 0 Å². The fourth-order valence-corrected chi connectivity index (χ4v) is 3.69. The first-order valence-corrected chi connectivity index (χ1v) is 9.15. The van der Waals surface area contributed by atoms with Crippen LogP contribution in [-0.4, -0.2) is 21.4 Å². The second-order valence-corrected chi connectivity index (χ2v) is 6.98. The van der Waals surface area contributed by atoms with Crippen LogP contribution in [0.25, 0.3) is 0 Å². The third-order valence-corrected chi connectivity index (χ3v) is 5.21. The summed E-state index contributed by atoms with van der Waals surface area (Å²) in [7, 11) is 1.97. The topological polar surface area (TPSA) is 49.2 Å². The van der Waals surface area contributed by atoms with Gasteiger partial charge < -0.3 is 14.0 Å². The average molecular weight is 353 g/mol. The number of hydrogen-bond acceptors (Lipinski definition) is 5. The largest absolute Gasteiger partial charge is 0.485 e. The zero-order valence-electron chi connectivity index (χ0n) is 14.2. The van der Waals surface area contributed by atoms with Crippen molar-refractivity contribution in [3.05, 3.63) is 65.5 Å². The van der Waals surface area contributed by atoms with Gasteiger partial charge in [-0.05, 0) is 24.6 Å². The SMILES string of the molecule is Cc1cccc(CSc2nnc(C3COc4ccccc4O3)n2C)c1. The van der Waals surface area contributed by atoms with Crippen LogP contribution in [0.5, 0.6) is 11.5 Å². The minimum atomic E-state index is -0.249. The number of nitrogens with zero attached hydrogens (tertiary/aromatic N) is 3. The van der Waals surface area contributed by atoms with Crippen molar-refractivity contribution >= 4 is 11.8 Å². The predicted octanol–water partition coefficient (Wildman–Crippen LogP) is 3.93. The molecule has 3 aromatic rings. The molecule has 2 aromatic carbocycles. The van der Waals surface area contributed by atoms with Crippen LogP contribution >= 0.6 is 11.8 Å². The zero-order chi connectivity index (χ0) is 17.2. The Kier molecular flexibility index (Phi) is 4.36. The Labute approximate surface area is 151 Å². The van der Waals surface area contributed by atoms with E-state index < -0.39 is 0 Å². The number of rotatable bonds is 4. The molecular formula is C19H19N3O2S. The Hall–Kier alpha value is -2.47. The second-order valence-electron chi connectivity index (χ2n) is 6.04. The van der Waals surface area contributed by atoms with Gasteiger partial charge in [-0.1, -0.05) is 53.7 Å². The molecule has 5 nitrogen and oxygen atoms in total. The fraction of sp³-hybridized carbons (Fsp3) is 0.263. The van der Waals surface area contributed by atoms with E-state index in [1.165, 1.54) is 11.1 Å². The van der Waals surface area contributed by atoms with Gasteiger partial charge in [0, 0.05) is 12.8 Å². The number of benzene rings is 2. The van der Waals surface area contributed by atoms with E-state index in [9.17, 15) is 0 Å². The van der Waals surface area contributed by atoms with E-state index in [1.54, 1.807) is 11.8 Å². The molecule has 0 saturated heterocycles. The van der Waals surface area contributed by atoms with Crippen molar-refractivity contribution in [3.63, 3.8) is 0 Å². The molecule has 1 atom stereocenters. The van der Waals surface area contributed by atoms with Gasteiger partial charge in [0.05, 0.1) is 0 Å². The molecule has 1 aliphatic heterocycles. The van der Waals surface area contributed by atoms with Crippen molar-refractivity contribution in [2.45, 2.75) is 23.9 Å². The Bertz CT molecular complexity index is 894. The van der Waals surface area contributed by atoms with Gasteiger partial charge in [0.1, 0.15) is 6.61 Å². The summed E-state index contributed by atoms with van der Waals surface area (Å²) in [5.41, 5.74) is 2.55. The Morgan fingerprint density at radius 3 is 2.80 bits per heavy atom. The summed E-state index contributed by atoms with van der Waals surface area (Å²) >= 11 is 1.67.